The van der Waals surface area contributed by atoms with Gasteiger partial charge in [0.05, 0.1) is 12.2 Å². The number of anilines is 1. The van der Waals surface area contributed by atoms with Crippen LogP contribution in [0.5, 0.6) is 5.88 Å². The maximum Gasteiger partial charge on any atom is 0.490 e. The van der Waals surface area contributed by atoms with Crippen molar-refractivity contribution in [3.05, 3.63) is 29.2 Å². The number of alkyl halides is 3. The average Bonchev–Trinajstić information content (AvgIpc) is 3.30. The quantitative estimate of drug-likeness (QED) is 0.692. The van der Waals surface area contributed by atoms with E-state index < -0.39 is 18.0 Å². The highest BCUT2D eigenvalue weighted by atomic mass is 32.1. The lowest BCUT2D eigenvalue weighted by Crippen LogP contribution is -2.48. The van der Waals surface area contributed by atoms with Crippen molar-refractivity contribution in [3.63, 3.8) is 0 Å². The van der Waals surface area contributed by atoms with Crippen molar-refractivity contribution in [2.24, 2.45) is 0 Å². The third-order valence-corrected chi connectivity index (χ3v) is 5.65. The van der Waals surface area contributed by atoms with Crippen LogP contribution in [0.25, 0.3) is 0 Å². The molecule has 2 saturated heterocycles. The van der Waals surface area contributed by atoms with Crippen LogP contribution in [0.3, 0.4) is 0 Å². The van der Waals surface area contributed by atoms with Crippen LogP contribution in [0.2, 0.25) is 0 Å². The Bertz CT molecular complexity index is 913. The minimum Gasteiger partial charge on any atom is -0.475 e. The number of aromatic nitrogens is 3. The number of piperidine rings is 1. The molecule has 1 spiro atoms. The number of hydrogen-bond donors (Lipinski definition) is 1. The molecule has 0 unspecified atom stereocenters. The second-order valence-corrected chi connectivity index (χ2v) is 8.32. The highest BCUT2D eigenvalue weighted by molar-refractivity contribution is 7.15. The summed E-state index contributed by atoms with van der Waals surface area (Å²) in [6, 6.07) is 2.91. The van der Waals surface area contributed by atoms with Crippen LogP contribution < -0.4 is 9.64 Å². The van der Waals surface area contributed by atoms with Crippen molar-refractivity contribution in [2.75, 3.05) is 24.6 Å². The molecule has 2 atom stereocenters. The number of aliphatic carboxylic acids is 1. The molecule has 0 amide bonds. The van der Waals surface area contributed by atoms with Crippen LogP contribution in [0.15, 0.2) is 18.3 Å². The summed E-state index contributed by atoms with van der Waals surface area (Å²) in [6.45, 7) is 4.14. The highest BCUT2D eigenvalue weighted by Gasteiger charge is 2.45. The molecule has 1 N–H and O–H groups in total. The van der Waals surface area contributed by atoms with Crippen LogP contribution in [0, 0.1) is 12.7 Å². The first-order chi connectivity index (χ1) is 14.6. The summed E-state index contributed by atoms with van der Waals surface area (Å²) in [5.41, 5.74) is -0.256. The fourth-order valence-electron chi connectivity index (χ4n) is 3.45. The highest BCUT2D eigenvalue weighted by Crippen LogP contribution is 2.38. The maximum absolute atomic E-state index is 13.7. The third kappa shape index (κ3) is 6.00. The topological polar surface area (TPSA) is 97.7 Å². The van der Waals surface area contributed by atoms with Gasteiger partial charge in [0.15, 0.2) is 5.82 Å². The van der Waals surface area contributed by atoms with E-state index in [2.05, 4.69) is 20.1 Å². The summed E-state index contributed by atoms with van der Waals surface area (Å²) < 4.78 is 57.3. The molecule has 4 heterocycles. The summed E-state index contributed by atoms with van der Waals surface area (Å²) in [5.74, 6) is -3.14. The summed E-state index contributed by atoms with van der Waals surface area (Å²) in [7, 11) is 0. The molecule has 4 rings (SSSR count). The summed E-state index contributed by atoms with van der Waals surface area (Å²) in [6.07, 6.45) is -0.984. The number of carbonyl (C=O) groups is 1. The zero-order chi connectivity index (χ0) is 22.6. The standard InChI is InChI=1S/C16H19FN4O2S.C2HF3O2/c1-11-19-20-15(24-11)21-7-3-5-16(10-21)8-12(9-22-16)23-14-13(17)4-2-6-18-14;3-2(4,5)1(6)7/h2,4,6,12H,3,5,7-10H2,1H3;(H,6,7)/t12-,16-;/m0./s1. The van der Waals surface area contributed by atoms with Gasteiger partial charge >= 0.3 is 12.1 Å². The number of hydrogen-bond acceptors (Lipinski definition) is 8. The van der Waals surface area contributed by atoms with Crippen molar-refractivity contribution in [1.82, 2.24) is 15.2 Å². The number of ether oxygens (including phenoxy) is 2. The van der Waals surface area contributed by atoms with E-state index in [0.29, 0.717) is 6.61 Å². The van der Waals surface area contributed by atoms with E-state index in [1.54, 1.807) is 17.4 Å². The Kier molecular flexibility index (Phi) is 6.94. The molecule has 13 heteroatoms. The second kappa shape index (κ2) is 9.30. The van der Waals surface area contributed by atoms with Crippen molar-refractivity contribution in [3.8, 4) is 5.88 Å². The molecule has 0 aromatic carbocycles. The first-order valence-electron chi connectivity index (χ1n) is 9.34. The van der Waals surface area contributed by atoms with Gasteiger partial charge in [0, 0.05) is 25.7 Å². The number of aryl methyl sites for hydroxylation is 1. The Morgan fingerprint density at radius 1 is 1.42 bits per heavy atom. The fourth-order valence-corrected chi connectivity index (χ4v) is 4.17. The first-order valence-corrected chi connectivity index (χ1v) is 10.2. The molecule has 170 valence electrons. The molecule has 2 aliphatic rings. The van der Waals surface area contributed by atoms with Crippen LogP contribution in [0.1, 0.15) is 24.3 Å². The summed E-state index contributed by atoms with van der Waals surface area (Å²) in [4.78, 5) is 15.1. The molecule has 2 aromatic rings. The lowest BCUT2D eigenvalue weighted by atomic mass is 9.89. The van der Waals surface area contributed by atoms with Gasteiger partial charge in [0.1, 0.15) is 11.1 Å². The van der Waals surface area contributed by atoms with Crippen molar-refractivity contribution < 1.29 is 36.9 Å². The Balaban J connectivity index is 0.000000339. The second-order valence-electron chi connectivity index (χ2n) is 7.16. The molecule has 0 saturated carbocycles. The molecule has 2 fully saturated rings. The van der Waals surface area contributed by atoms with Crippen LogP contribution in [-0.4, -0.2) is 63.8 Å². The van der Waals surface area contributed by atoms with Crippen LogP contribution in [0.4, 0.5) is 22.7 Å². The first kappa shape index (κ1) is 23.1. The lowest BCUT2D eigenvalue weighted by molar-refractivity contribution is -0.192. The SMILES string of the molecule is Cc1nnc(N2CCC[C@]3(C[C@H](Oc4ncccc4F)CO3)C2)s1.O=C(O)C(F)(F)F. The lowest BCUT2D eigenvalue weighted by Gasteiger charge is -2.39. The Morgan fingerprint density at radius 3 is 2.77 bits per heavy atom. The minimum absolute atomic E-state index is 0.0514. The number of pyridine rings is 1. The van der Waals surface area contributed by atoms with Crippen molar-refractivity contribution in [1.29, 1.82) is 0 Å². The van der Waals surface area contributed by atoms with E-state index in [9.17, 15) is 17.6 Å². The zero-order valence-corrected chi connectivity index (χ0v) is 17.2. The summed E-state index contributed by atoms with van der Waals surface area (Å²) in [5, 5.41) is 17.4. The van der Waals surface area contributed by atoms with E-state index in [4.69, 9.17) is 19.4 Å². The fraction of sp³-hybridized carbons (Fsp3) is 0.556. The van der Waals surface area contributed by atoms with E-state index in [1.165, 1.54) is 12.3 Å². The van der Waals surface area contributed by atoms with Crippen LogP contribution >= 0.6 is 11.3 Å². The van der Waals surface area contributed by atoms with Gasteiger partial charge < -0.3 is 19.5 Å². The van der Waals surface area contributed by atoms with Crippen molar-refractivity contribution in [2.45, 2.75) is 44.1 Å². The van der Waals surface area contributed by atoms with Gasteiger partial charge in [0.25, 0.3) is 5.88 Å². The molecule has 0 bridgehead atoms. The van der Waals surface area contributed by atoms with Gasteiger partial charge in [0.2, 0.25) is 5.13 Å². The molecule has 0 radical (unpaired) electrons. The smallest absolute Gasteiger partial charge is 0.475 e. The Hall–Kier alpha value is -2.54. The van der Waals surface area contributed by atoms with Crippen LogP contribution in [-0.2, 0) is 9.53 Å². The van der Waals surface area contributed by atoms with Gasteiger partial charge in [-0.3, -0.25) is 0 Å². The molecular formula is C18H20F4N4O4S. The number of rotatable bonds is 3. The van der Waals surface area contributed by atoms with E-state index in [0.717, 1.165) is 42.5 Å². The number of halogens is 4. The molecule has 31 heavy (non-hydrogen) atoms. The normalized spacial score (nSPS) is 23.4. The van der Waals surface area contributed by atoms with E-state index in [-0.39, 0.29) is 17.6 Å². The molecule has 0 aliphatic carbocycles. The maximum atomic E-state index is 13.7. The van der Waals surface area contributed by atoms with Gasteiger partial charge in [-0.1, -0.05) is 11.3 Å². The Morgan fingerprint density at radius 2 is 2.16 bits per heavy atom. The Labute approximate surface area is 178 Å². The molecular weight excluding hydrogens is 444 g/mol. The van der Waals surface area contributed by atoms with Gasteiger partial charge in [-0.05, 0) is 31.9 Å². The van der Waals surface area contributed by atoms with E-state index >= 15 is 0 Å². The average molecular weight is 464 g/mol. The molecule has 8 nitrogen and oxygen atoms in total. The van der Waals surface area contributed by atoms with Gasteiger partial charge in [-0.15, -0.1) is 10.2 Å². The monoisotopic (exact) mass is 464 g/mol. The molecule has 2 aromatic heterocycles. The third-order valence-electron chi connectivity index (χ3n) is 4.75. The minimum atomic E-state index is -5.08. The molecule has 2 aliphatic heterocycles. The van der Waals surface area contributed by atoms with Gasteiger partial charge in [-0.25, -0.2) is 14.2 Å². The van der Waals surface area contributed by atoms with Crippen molar-refractivity contribution >= 4 is 22.4 Å². The predicted octanol–water partition coefficient (Wildman–Crippen LogP) is 3.22. The predicted molar refractivity (Wildman–Crippen MR) is 102 cm³/mol. The zero-order valence-electron chi connectivity index (χ0n) is 16.4. The largest absolute Gasteiger partial charge is 0.490 e. The van der Waals surface area contributed by atoms with E-state index in [1.807, 2.05) is 6.92 Å². The van der Waals surface area contributed by atoms with Gasteiger partial charge in [-0.2, -0.15) is 13.2 Å². The number of carboxylic acids is 1. The number of carboxylic acid groups (broad SMARTS) is 1. The summed E-state index contributed by atoms with van der Waals surface area (Å²) >= 11 is 1.60. The number of nitrogens with zero attached hydrogens (tertiary/aromatic N) is 4.